The second kappa shape index (κ2) is 4.14. The molecular formula is C9H17BNO2. The number of esters is 1. The standard InChI is InChI=1S/C9H17BNO2/c1-6(2)10-11(4)8-5-7(3)13-9(8)12/h6-8H,5H2,1-4H3. The molecule has 73 valence electrons. The molecule has 2 atom stereocenters. The number of nitrogens with zero attached hydrogens (tertiary/aromatic N) is 1. The van der Waals surface area contributed by atoms with Crippen molar-refractivity contribution >= 4 is 13.4 Å². The molecule has 0 bridgehead atoms. The van der Waals surface area contributed by atoms with Crippen molar-refractivity contribution < 1.29 is 9.53 Å². The zero-order valence-corrected chi connectivity index (χ0v) is 8.78. The number of rotatable bonds is 3. The van der Waals surface area contributed by atoms with Crippen LogP contribution in [0.2, 0.25) is 5.82 Å². The Bertz CT molecular complexity index is 196. The van der Waals surface area contributed by atoms with Crippen LogP contribution in [0.4, 0.5) is 0 Å². The number of ether oxygens (including phenoxy) is 1. The summed E-state index contributed by atoms with van der Waals surface area (Å²) in [6.45, 7) is 6.13. The fraction of sp³-hybridized carbons (Fsp3) is 0.889. The van der Waals surface area contributed by atoms with Crippen molar-refractivity contribution in [1.82, 2.24) is 4.81 Å². The van der Waals surface area contributed by atoms with E-state index in [0.717, 1.165) is 6.42 Å². The SMILES string of the molecule is CC(C)[B]N(C)C1CC(C)OC1=O. The molecule has 0 saturated carbocycles. The fourth-order valence-corrected chi connectivity index (χ4v) is 1.64. The third-order valence-electron chi connectivity index (χ3n) is 2.17. The summed E-state index contributed by atoms with van der Waals surface area (Å²) in [5, 5.41) is 0. The van der Waals surface area contributed by atoms with Crippen LogP contribution in [0, 0.1) is 0 Å². The van der Waals surface area contributed by atoms with E-state index in [4.69, 9.17) is 4.74 Å². The minimum absolute atomic E-state index is 0.0699. The van der Waals surface area contributed by atoms with E-state index in [9.17, 15) is 4.79 Å². The molecule has 4 heteroatoms. The maximum atomic E-state index is 11.3. The van der Waals surface area contributed by atoms with E-state index >= 15 is 0 Å². The number of hydrogen-bond acceptors (Lipinski definition) is 3. The molecule has 1 radical (unpaired) electrons. The Balaban J connectivity index is 2.47. The van der Waals surface area contributed by atoms with Gasteiger partial charge in [-0.1, -0.05) is 19.7 Å². The van der Waals surface area contributed by atoms with Gasteiger partial charge in [0, 0.05) is 6.42 Å². The van der Waals surface area contributed by atoms with Gasteiger partial charge in [0.05, 0.1) is 0 Å². The maximum absolute atomic E-state index is 11.3. The molecule has 0 spiro atoms. The molecule has 0 aromatic rings. The largest absolute Gasteiger partial charge is 0.461 e. The van der Waals surface area contributed by atoms with Crippen molar-refractivity contribution in [3.8, 4) is 0 Å². The highest BCUT2D eigenvalue weighted by molar-refractivity contribution is 6.34. The van der Waals surface area contributed by atoms with Crippen molar-refractivity contribution in [2.45, 2.75) is 45.2 Å². The molecule has 0 N–H and O–H groups in total. The average Bonchev–Trinajstić information content (AvgIpc) is 2.28. The van der Waals surface area contributed by atoms with Crippen LogP contribution in [0.3, 0.4) is 0 Å². The molecule has 13 heavy (non-hydrogen) atoms. The van der Waals surface area contributed by atoms with E-state index in [0.29, 0.717) is 5.82 Å². The predicted molar refractivity (Wildman–Crippen MR) is 52.6 cm³/mol. The first kappa shape index (κ1) is 10.6. The highest BCUT2D eigenvalue weighted by Gasteiger charge is 2.34. The number of cyclic esters (lactones) is 1. The van der Waals surface area contributed by atoms with Crippen molar-refractivity contribution in [3.05, 3.63) is 0 Å². The molecule has 1 aliphatic rings. The fourth-order valence-electron chi connectivity index (χ4n) is 1.64. The Morgan fingerprint density at radius 3 is 2.62 bits per heavy atom. The van der Waals surface area contributed by atoms with Gasteiger partial charge in [-0.3, -0.25) is 4.79 Å². The number of likely N-dealkylation sites (N-methyl/N-ethyl adjacent to an activating group) is 1. The van der Waals surface area contributed by atoms with Gasteiger partial charge in [0.2, 0.25) is 7.41 Å². The Hall–Kier alpha value is -0.505. The van der Waals surface area contributed by atoms with E-state index in [2.05, 4.69) is 21.3 Å². The van der Waals surface area contributed by atoms with E-state index in [1.807, 2.05) is 18.8 Å². The molecule has 2 unspecified atom stereocenters. The monoisotopic (exact) mass is 182 g/mol. The highest BCUT2D eigenvalue weighted by Crippen LogP contribution is 2.19. The summed E-state index contributed by atoms with van der Waals surface area (Å²) in [7, 11) is 3.99. The first-order valence-electron chi connectivity index (χ1n) is 4.78. The third kappa shape index (κ3) is 2.73. The highest BCUT2D eigenvalue weighted by atomic mass is 16.6. The van der Waals surface area contributed by atoms with Gasteiger partial charge in [-0.05, 0) is 14.0 Å². The summed E-state index contributed by atoms with van der Waals surface area (Å²) in [6, 6.07) is -0.0719. The molecule has 1 heterocycles. The molecule has 0 amide bonds. The first-order chi connectivity index (χ1) is 6.00. The van der Waals surface area contributed by atoms with Gasteiger partial charge < -0.3 is 9.55 Å². The summed E-state index contributed by atoms with van der Waals surface area (Å²) >= 11 is 0. The smallest absolute Gasteiger partial charge is 0.322 e. The van der Waals surface area contributed by atoms with Crippen molar-refractivity contribution in [2.75, 3.05) is 7.05 Å². The lowest BCUT2D eigenvalue weighted by molar-refractivity contribution is -0.143. The minimum atomic E-state index is -0.0908. The van der Waals surface area contributed by atoms with Crippen LogP contribution >= 0.6 is 0 Å². The summed E-state index contributed by atoms with van der Waals surface area (Å²) < 4.78 is 5.08. The quantitative estimate of drug-likeness (QED) is 0.483. The minimum Gasteiger partial charge on any atom is -0.461 e. The molecule has 1 aliphatic heterocycles. The van der Waals surface area contributed by atoms with Crippen LogP contribution in [0.25, 0.3) is 0 Å². The van der Waals surface area contributed by atoms with Crippen LogP contribution < -0.4 is 0 Å². The van der Waals surface area contributed by atoms with Gasteiger partial charge in [0.1, 0.15) is 12.1 Å². The van der Waals surface area contributed by atoms with Gasteiger partial charge in [0.25, 0.3) is 0 Å². The Kier molecular flexibility index (Phi) is 3.36. The molecular weight excluding hydrogens is 165 g/mol. The number of hydrogen-bond donors (Lipinski definition) is 0. The Morgan fingerprint density at radius 2 is 2.23 bits per heavy atom. The van der Waals surface area contributed by atoms with Gasteiger partial charge in [0.15, 0.2) is 0 Å². The summed E-state index contributed by atoms with van der Waals surface area (Å²) in [5.41, 5.74) is 0. The Labute approximate surface area is 80.7 Å². The van der Waals surface area contributed by atoms with Crippen molar-refractivity contribution in [1.29, 1.82) is 0 Å². The second-order valence-corrected chi connectivity index (χ2v) is 4.06. The summed E-state index contributed by atoms with van der Waals surface area (Å²) in [6.07, 6.45) is 0.874. The zero-order chi connectivity index (χ0) is 10.0. The normalized spacial score (nSPS) is 28.3. The van der Waals surface area contributed by atoms with Crippen molar-refractivity contribution in [3.63, 3.8) is 0 Å². The second-order valence-electron chi connectivity index (χ2n) is 4.06. The number of carbonyl (C=O) groups is 1. The maximum Gasteiger partial charge on any atom is 0.322 e. The third-order valence-corrected chi connectivity index (χ3v) is 2.17. The van der Waals surface area contributed by atoms with E-state index in [1.54, 1.807) is 0 Å². The van der Waals surface area contributed by atoms with Gasteiger partial charge in [-0.15, -0.1) is 0 Å². The molecule has 0 aromatic heterocycles. The first-order valence-corrected chi connectivity index (χ1v) is 4.78. The van der Waals surface area contributed by atoms with Crippen LogP contribution in [0.5, 0.6) is 0 Å². The van der Waals surface area contributed by atoms with Gasteiger partial charge >= 0.3 is 5.97 Å². The molecule has 3 nitrogen and oxygen atoms in total. The van der Waals surface area contributed by atoms with E-state index in [1.165, 1.54) is 0 Å². The molecule has 1 fully saturated rings. The van der Waals surface area contributed by atoms with Crippen LogP contribution in [-0.2, 0) is 9.53 Å². The molecule has 0 aromatic carbocycles. The zero-order valence-electron chi connectivity index (χ0n) is 8.78. The van der Waals surface area contributed by atoms with E-state index in [-0.39, 0.29) is 18.1 Å². The molecule has 0 aliphatic carbocycles. The number of carbonyl (C=O) groups excluding carboxylic acids is 1. The predicted octanol–water partition coefficient (Wildman–Crippen LogP) is 1.07. The molecule has 1 rings (SSSR count). The van der Waals surface area contributed by atoms with Gasteiger partial charge in [-0.2, -0.15) is 0 Å². The Morgan fingerprint density at radius 1 is 1.62 bits per heavy atom. The average molecular weight is 182 g/mol. The summed E-state index contributed by atoms with van der Waals surface area (Å²) in [5.74, 6) is 0.376. The van der Waals surface area contributed by atoms with Crippen LogP contribution in [-0.4, -0.2) is 37.4 Å². The lowest BCUT2D eigenvalue weighted by atomic mass is 9.75. The van der Waals surface area contributed by atoms with Crippen molar-refractivity contribution in [2.24, 2.45) is 0 Å². The lowest BCUT2D eigenvalue weighted by Crippen LogP contribution is -2.38. The lowest BCUT2D eigenvalue weighted by Gasteiger charge is -2.21. The topological polar surface area (TPSA) is 29.5 Å². The van der Waals surface area contributed by atoms with E-state index < -0.39 is 0 Å². The summed E-state index contributed by atoms with van der Waals surface area (Å²) in [4.78, 5) is 13.3. The van der Waals surface area contributed by atoms with Crippen LogP contribution in [0.1, 0.15) is 27.2 Å². The molecule has 1 saturated heterocycles. The van der Waals surface area contributed by atoms with Gasteiger partial charge in [-0.25, -0.2) is 0 Å². The van der Waals surface area contributed by atoms with Crippen LogP contribution in [0.15, 0.2) is 0 Å².